The molecule has 5 nitrogen and oxygen atoms in total. The highest BCUT2D eigenvalue weighted by Gasteiger charge is 2.35. The van der Waals surface area contributed by atoms with E-state index in [0.29, 0.717) is 25.3 Å². The van der Waals surface area contributed by atoms with Crippen molar-refractivity contribution >= 4 is 16.8 Å². The fraction of sp³-hybridized carbons (Fsp3) is 0.348. The number of fused-ring (bicyclic) bond motifs is 2. The minimum absolute atomic E-state index is 0.137. The molecule has 0 radical (unpaired) electrons. The van der Waals surface area contributed by atoms with Gasteiger partial charge in [-0.1, -0.05) is 32.0 Å². The number of benzene rings is 2. The van der Waals surface area contributed by atoms with E-state index in [0.717, 1.165) is 27.8 Å². The molecule has 2 aromatic carbocycles. The Morgan fingerprint density at radius 3 is 2.61 bits per heavy atom. The molecule has 3 aromatic rings. The topological polar surface area (TPSA) is 54.6 Å². The van der Waals surface area contributed by atoms with E-state index in [4.69, 9.17) is 9.47 Å². The molecule has 1 aromatic heterocycles. The second-order valence-electron chi connectivity index (χ2n) is 8.03. The summed E-state index contributed by atoms with van der Waals surface area (Å²) in [5.41, 5.74) is 4.26. The zero-order valence-corrected chi connectivity index (χ0v) is 16.8. The van der Waals surface area contributed by atoms with Gasteiger partial charge in [-0.05, 0) is 34.9 Å². The molecule has 0 saturated carbocycles. The first-order valence-electron chi connectivity index (χ1n) is 9.51. The number of H-pyrrole nitrogens is 1. The van der Waals surface area contributed by atoms with Crippen LogP contribution in [0, 0.1) is 0 Å². The molecule has 146 valence electrons. The van der Waals surface area contributed by atoms with Gasteiger partial charge in [-0.25, -0.2) is 0 Å². The molecule has 0 unspecified atom stereocenters. The highest BCUT2D eigenvalue weighted by atomic mass is 16.5. The van der Waals surface area contributed by atoms with E-state index in [9.17, 15) is 4.79 Å². The highest BCUT2D eigenvalue weighted by Crippen LogP contribution is 2.40. The number of methoxy groups -OCH3 is 2. The minimum atomic E-state index is -0.164. The quantitative estimate of drug-likeness (QED) is 0.745. The Hall–Kier alpha value is -2.95. The molecular weight excluding hydrogens is 352 g/mol. The third-order valence-electron chi connectivity index (χ3n) is 5.66. The summed E-state index contributed by atoms with van der Waals surface area (Å²) >= 11 is 0. The lowest BCUT2D eigenvalue weighted by molar-refractivity contribution is -0.132. The van der Waals surface area contributed by atoms with Gasteiger partial charge in [0.25, 0.3) is 0 Å². The van der Waals surface area contributed by atoms with Crippen LogP contribution in [-0.4, -0.2) is 36.6 Å². The molecule has 0 aliphatic carbocycles. The molecule has 0 atom stereocenters. The van der Waals surface area contributed by atoms with Gasteiger partial charge in [0.05, 0.1) is 20.6 Å². The second kappa shape index (κ2) is 6.89. The van der Waals surface area contributed by atoms with Gasteiger partial charge in [0.1, 0.15) is 0 Å². The number of carbonyl (C=O) groups excluding carboxylic acids is 1. The number of hydrogen-bond acceptors (Lipinski definition) is 3. The standard InChI is InChI=1S/C23H26N2O3/c1-23(2)14-25(13-16-9-20(27-3)21(28-4)11-18(16)23)22(26)10-15-12-24-19-8-6-5-7-17(15)19/h5-9,11-12,24H,10,13-14H2,1-4H3. The van der Waals surface area contributed by atoms with Crippen LogP contribution in [0.1, 0.15) is 30.5 Å². The average Bonchev–Trinajstić information content (AvgIpc) is 3.09. The van der Waals surface area contributed by atoms with E-state index in [-0.39, 0.29) is 11.3 Å². The van der Waals surface area contributed by atoms with Crippen molar-refractivity contribution in [2.75, 3.05) is 20.8 Å². The summed E-state index contributed by atoms with van der Waals surface area (Å²) in [6, 6.07) is 12.1. The Kier molecular flexibility index (Phi) is 4.53. The molecule has 0 spiro atoms. The van der Waals surface area contributed by atoms with Crippen LogP contribution in [-0.2, 0) is 23.2 Å². The average molecular weight is 378 g/mol. The van der Waals surface area contributed by atoms with E-state index in [1.165, 1.54) is 5.56 Å². The van der Waals surface area contributed by atoms with Gasteiger partial charge in [0, 0.05) is 35.6 Å². The van der Waals surface area contributed by atoms with Gasteiger partial charge in [0.15, 0.2) is 11.5 Å². The van der Waals surface area contributed by atoms with Crippen LogP contribution in [0.25, 0.3) is 10.9 Å². The summed E-state index contributed by atoms with van der Waals surface area (Å²) in [6.45, 7) is 5.60. The zero-order chi connectivity index (χ0) is 19.9. The molecule has 4 rings (SSSR count). The third kappa shape index (κ3) is 3.11. The van der Waals surface area contributed by atoms with Gasteiger partial charge in [-0.2, -0.15) is 0 Å². The number of aromatic nitrogens is 1. The molecule has 1 aliphatic rings. The van der Waals surface area contributed by atoms with Crippen LogP contribution < -0.4 is 9.47 Å². The van der Waals surface area contributed by atoms with Crippen molar-refractivity contribution < 1.29 is 14.3 Å². The van der Waals surface area contributed by atoms with Crippen LogP contribution in [0.5, 0.6) is 11.5 Å². The van der Waals surface area contributed by atoms with E-state index < -0.39 is 0 Å². The molecule has 5 heteroatoms. The predicted octanol–water partition coefficient (Wildman–Crippen LogP) is 4.05. The lowest BCUT2D eigenvalue weighted by Crippen LogP contribution is -2.45. The molecule has 1 amide bonds. The maximum absolute atomic E-state index is 13.1. The highest BCUT2D eigenvalue weighted by molar-refractivity contribution is 5.89. The first kappa shape index (κ1) is 18.4. The lowest BCUT2D eigenvalue weighted by atomic mass is 9.78. The summed E-state index contributed by atoms with van der Waals surface area (Å²) in [7, 11) is 3.29. The van der Waals surface area contributed by atoms with E-state index in [2.05, 4.69) is 31.0 Å². The maximum Gasteiger partial charge on any atom is 0.227 e. The molecule has 1 N–H and O–H groups in total. The maximum atomic E-state index is 13.1. The summed E-state index contributed by atoms with van der Waals surface area (Å²) in [6.07, 6.45) is 2.34. The number of ether oxygens (including phenoxy) is 2. The number of amides is 1. The fourth-order valence-corrected chi connectivity index (χ4v) is 4.23. The molecule has 0 saturated heterocycles. The normalized spacial score (nSPS) is 15.4. The van der Waals surface area contributed by atoms with Crippen molar-refractivity contribution in [1.29, 1.82) is 0 Å². The molecule has 1 aliphatic heterocycles. The number of nitrogens with zero attached hydrogens (tertiary/aromatic N) is 1. The van der Waals surface area contributed by atoms with Gasteiger partial charge in [-0.15, -0.1) is 0 Å². The third-order valence-corrected chi connectivity index (χ3v) is 5.66. The molecule has 2 heterocycles. The van der Waals surface area contributed by atoms with Crippen molar-refractivity contribution in [2.24, 2.45) is 0 Å². The van der Waals surface area contributed by atoms with E-state index >= 15 is 0 Å². The SMILES string of the molecule is COc1cc2c(cc1OC)C(C)(C)CN(C(=O)Cc1c[nH]c3ccccc13)C2. The Balaban J connectivity index is 1.62. The van der Waals surface area contributed by atoms with E-state index in [1.54, 1.807) is 14.2 Å². The molecule has 0 bridgehead atoms. The second-order valence-corrected chi connectivity index (χ2v) is 8.03. The first-order chi connectivity index (χ1) is 13.4. The molecular formula is C23H26N2O3. The van der Waals surface area contributed by atoms with Crippen molar-refractivity contribution in [3.8, 4) is 11.5 Å². The number of rotatable bonds is 4. The monoisotopic (exact) mass is 378 g/mol. The number of aromatic amines is 1. The summed E-state index contributed by atoms with van der Waals surface area (Å²) in [4.78, 5) is 18.3. The van der Waals surface area contributed by atoms with Crippen molar-refractivity contribution in [3.05, 3.63) is 59.3 Å². The predicted molar refractivity (Wildman–Crippen MR) is 110 cm³/mol. The van der Waals surface area contributed by atoms with Crippen LogP contribution >= 0.6 is 0 Å². The first-order valence-corrected chi connectivity index (χ1v) is 9.51. The summed E-state index contributed by atoms with van der Waals surface area (Å²) < 4.78 is 10.9. The van der Waals surface area contributed by atoms with Gasteiger partial charge >= 0.3 is 0 Å². The minimum Gasteiger partial charge on any atom is -0.493 e. The van der Waals surface area contributed by atoms with Crippen LogP contribution in [0.4, 0.5) is 0 Å². The molecule has 0 fully saturated rings. The van der Waals surface area contributed by atoms with Gasteiger partial charge in [0.2, 0.25) is 5.91 Å². The van der Waals surface area contributed by atoms with Gasteiger partial charge in [-0.3, -0.25) is 4.79 Å². The van der Waals surface area contributed by atoms with Crippen molar-refractivity contribution in [3.63, 3.8) is 0 Å². The van der Waals surface area contributed by atoms with Crippen molar-refractivity contribution in [1.82, 2.24) is 9.88 Å². The Bertz CT molecular complexity index is 1040. The summed E-state index contributed by atoms with van der Waals surface area (Å²) in [5.74, 6) is 1.56. The Labute approximate surface area is 165 Å². The number of para-hydroxylation sites is 1. The lowest BCUT2D eigenvalue weighted by Gasteiger charge is -2.40. The smallest absolute Gasteiger partial charge is 0.227 e. The fourth-order valence-electron chi connectivity index (χ4n) is 4.23. The van der Waals surface area contributed by atoms with Crippen LogP contribution in [0.15, 0.2) is 42.6 Å². The van der Waals surface area contributed by atoms with Gasteiger partial charge < -0.3 is 19.4 Å². The van der Waals surface area contributed by atoms with Crippen LogP contribution in [0.2, 0.25) is 0 Å². The van der Waals surface area contributed by atoms with Crippen LogP contribution in [0.3, 0.4) is 0 Å². The summed E-state index contributed by atoms with van der Waals surface area (Å²) in [5, 5.41) is 1.11. The van der Waals surface area contributed by atoms with E-state index in [1.807, 2.05) is 35.4 Å². The number of hydrogen-bond donors (Lipinski definition) is 1. The number of carbonyl (C=O) groups is 1. The van der Waals surface area contributed by atoms with Crippen molar-refractivity contribution in [2.45, 2.75) is 32.2 Å². The zero-order valence-electron chi connectivity index (χ0n) is 16.8. The Morgan fingerprint density at radius 2 is 1.86 bits per heavy atom. The number of nitrogens with one attached hydrogen (secondary N) is 1. The largest absolute Gasteiger partial charge is 0.493 e. The molecule has 28 heavy (non-hydrogen) atoms. The Morgan fingerprint density at radius 1 is 1.14 bits per heavy atom.